The number of benzene rings is 2. The number of carbonyl (C=O) groups excluding carboxylic acids is 2. The van der Waals surface area contributed by atoms with E-state index in [1.807, 2.05) is 18.2 Å². The molecule has 2 aromatic carbocycles. The van der Waals surface area contributed by atoms with Crippen LogP contribution in [0.15, 0.2) is 54.6 Å². The quantitative estimate of drug-likeness (QED) is 0.691. The van der Waals surface area contributed by atoms with Gasteiger partial charge in [-0.15, -0.1) is 0 Å². The molecule has 1 aliphatic carbocycles. The number of esters is 1. The van der Waals surface area contributed by atoms with E-state index in [-0.39, 0.29) is 17.8 Å². The Balaban J connectivity index is 1.77. The van der Waals surface area contributed by atoms with Crippen molar-refractivity contribution in [2.45, 2.75) is 12.8 Å². The van der Waals surface area contributed by atoms with Crippen molar-refractivity contribution in [3.8, 4) is 5.75 Å². The number of ether oxygens (including phenoxy) is 1. The summed E-state index contributed by atoms with van der Waals surface area (Å²) in [7, 11) is 0. The van der Waals surface area contributed by atoms with Crippen molar-refractivity contribution >= 4 is 17.6 Å². The zero-order chi connectivity index (χ0) is 14.7. The molecule has 0 atom stereocenters. The molecule has 4 heteroatoms. The van der Waals surface area contributed by atoms with Crippen LogP contribution in [0.5, 0.6) is 5.75 Å². The van der Waals surface area contributed by atoms with Crippen molar-refractivity contribution in [2.24, 2.45) is 5.92 Å². The zero-order valence-electron chi connectivity index (χ0n) is 11.4. The van der Waals surface area contributed by atoms with Crippen LogP contribution in [0.25, 0.3) is 0 Å². The predicted molar refractivity (Wildman–Crippen MR) is 79.2 cm³/mol. The van der Waals surface area contributed by atoms with E-state index in [1.165, 1.54) is 0 Å². The van der Waals surface area contributed by atoms with E-state index >= 15 is 0 Å². The molecule has 0 aliphatic heterocycles. The SMILES string of the molecule is O=C(Nc1ccccc1)c1ccccc1OC(=O)C1CC1. The third-order valence-corrected chi connectivity index (χ3v) is 3.28. The smallest absolute Gasteiger partial charge is 0.314 e. The first-order chi connectivity index (χ1) is 10.2. The van der Waals surface area contributed by atoms with Crippen LogP contribution < -0.4 is 10.1 Å². The Morgan fingerprint density at radius 3 is 2.33 bits per heavy atom. The standard InChI is InChI=1S/C17H15NO3/c19-16(18-13-6-2-1-3-7-13)14-8-4-5-9-15(14)21-17(20)12-10-11-12/h1-9,12H,10-11H2,(H,18,19). The number of hydrogen-bond acceptors (Lipinski definition) is 3. The van der Waals surface area contributed by atoms with Crippen LogP contribution in [0.1, 0.15) is 23.2 Å². The van der Waals surface area contributed by atoms with Crippen LogP contribution in [-0.4, -0.2) is 11.9 Å². The normalized spacial score (nSPS) is 13.5. The van der Waals surface area contributed by atoms with Gasteiger partial charge in [0.2, 0.25) is 0 Å². The van der Waals surface area contributed by atoms with E-state index in [2.05, 4.69) is 5.32 Å². The second-order valence-electron chi connectivity index (χ2n) is 5.01. The van der Waals surface area contributed by atoms with Crippen molar-refractivity contribution in [3.05, 3.63) is 60.2 Å². The summed E-state index contributed by atoms with van der Waals surface area (Å²) in [5, 5.41) is 2.79. The molecular formula is C17H15NO3. The van der Waals surface area contributed by atoms with Crippen LogP contribution in [0.4, 0.5) is 5.69 Å². The summed E-state index contributed by atoms with van der Waals surface area (Å²) >= 11 is 0. The molecule has 4 nitrogen and oxygen atoms in total. The Morgan fingerprint density at radius 1 is 0.952 bits per heavy atom. The van der Waals surface area contributed by atoms with Crippen LogP contribution in [0.2, 0.25) is 0 Å². The number of anilines is 1. The minimum atomic E-state index is -0.291. The summed E-state index contributed by atoms with van der Waals surface area (Å²) in [5.74, 6) is -0.242. The molecule has 1 N–H and O–H groups in total. The van der Waals surface area contributed by atoms with Crippen LogP contribution in [0.3, 0.4) is 0 Å². The highest BCUT2D eigenvalue weighted by molar-refractivity contribution is 6.06. The topological polar surface area (TPSA) is 55.4 Å². The Morgan fingerprint density at radius 2 is 1.62 bits per heavy atom. The molecule has 3 rings (SSSR count). The lowest BCUT2D eigenvalue weighted by Crippen LogP contribution is -2.16. The van der Waals surface area contributed by atoms with E-state index in [0.29, 0.717) is 17.0 Å². The predicted octanol–water partition coefficient (Wildman–Crippen LogP) is 3.25. The summed E-state index contributed by atoms with van der Waals surface area (Å²) < 4.78 is 5.33. The van der Waals surface area contributed by atoms with Gasteiger partial charge in [-0.1, -0.05) is 30.3 Å². The van der Waals surface area contributed by atoms with E-state index < -0.39 is 0 Å². The first-order valence-electron chi connectivity index (χ1n) is 6.91. The highest BCUT2D eigenvalue weighted by Gasteiger charge is 2.32. The van der Waals surface area contributed by atoms with Crippen molar-refractivity contribution in [2.75, 3.05) is 5.32 Å². The third-order valence-electron chi connectivity index (χ3n) is 3.28. The van der Waals surface area contributed by atoms with Crippen LogP contribution >= 0.6 is 0 Å². The molecule has 106 valence electrons. The molecule has 0 saturated heterocycles. The van der Waals surface area contributed by atoms with Crippen LogP contribution in [-0.2, 0) is 4.79 Å². The lowest BCUT2D eigenvalue weighted by atomic mass is 10.2. The van der Waals surface area contributed by atoms with E-state index in [4.69, 9.17) is 4.74 Å². The van der Waals surface area contributed by atoms with Gasteiger partial charge in [0.05, 0.1) is 11.5 Å². The summed E-state index contributed by atoms with van der Waals surface area (Å²) in [4.78, 5) is 24.1. The van der Waals surface area contributed by atoms with Gasteiger partial charge in [0.25, 0.3) is 5.91 Å². The average Bonchev–Trinajstić information content (AvgIpc) is 3.33. The highest BCUT2D eigenvalue weighted by atomic mass is 16.5. The largest absolute Gasteiger partial charge is 0.425 e. The van der Waals surface area contributed by atoms with Gasteiger partial charge in [-0.3, -0.25) is 9.59 Å². The Bertz CT molecular complexity index is 663. The summed E-state index contributed by atoms with van der Waals surface area (Å²) in [6.45, 7) is 0. The summed E-state index contributed by atoms with van der Waals surface area (Å²) in [5.41, 5.74) is 1.06. The molecule has 1 saturated carbocycles. The summed E-state index contributed by atoms with van der Waals surface area (Å²) in [6.07, 6.45) is 1.74. The zero-order valence-corrected chi connectivity index (χ0v) is 11.4. The maximum absolute atomic E-state index is 12.3. The van der Waals surface area contributed by atoms with Gasteiger partial charge >= 0.3 is 5.97 Å². The van der Waals surface area contributed by atoms with Gasteiger partial charge < -0.3 is 10.1 Å². The molecule has 1 aliphatic rings. The van der Waals surface area contributed by atoms with Crippen molar-refractivity contribution in [1.82, 2.24) is 0 Å². The molecule has 21 heavy (non-hydrogen) atoms. The molecule has 0 radical (unpaired) electrons. The maximum Gasteiger partial charge on any atom is 0.314 e. The minimum Gasteiger partial charge on any atom is -0.425 e. The number of para-hydroxylation sites is 2. The van der Waals surface area contributed by atoms with Crippen molar-refractivity contribution < 1.29 is 14.3 Å². The molecule has 1 fully saturated rings. The second kappa shape index (κ2) is 5.79. The lowest BCUT2D eigenvalue weighted by Gasteiger charge is -2.10. The molecule has 2 aromatic rings. The molecule has 0 aromatic heterocycles. The lowest BCUT2D eigenvalue weighted by molar-refractivity contribution is -0.135. The fourth-order valence-electron chi connectivity index (χ4n) is 1.97. The van der Waals surface area contributed by atoms with Gasteiger partial charge in [0, 0.05) is 5.69 Å². The van der Waals surface area contributed by atoms with Crippen LogP contribution in [0, 0.1) is 5.92 Å². The van der Waals surface area contributed by atoms with Crippen molar-refractivity contribution in [1.29, 1.82) is 0 Å². The Labute approximate surface area is 122 Å². The van der Waals surface area contributed by atoms with Gasteiger partial charge in [-0.25, -0.2) is 0 Å². The number of nitrogens with one attached hydrogen (secondary N) is 1. The Kier molecular flexibility index (Phi) is 3.69. The second-order valence-corrected chi connectivity index (χ2v) is 5.01. The first kappa shape index (κ1) is 13.4. The van der Waals surface area contributed by atoms with Gasteiger partial charge in [0.1, 0.15) is 5.75 Å². The highest BCUT2D eigenvalue weighted by Crippen LogP contribution is 2.31. The van der Waals surface area contributed by atoms with Gasteiger partial charge in [-0.2, -0.15) is 0 Å². The molecule has 0 heterocycles. The number of hydrogen-bond donors (Lipinski definition) is 1. The number of carbonyl (C=O) groups is 2. The summed E-state index contributed by atoms with van der Waals surface area (Å²) in [6, 6.07) is 15.9. The first-order valence-corrected chi connectivity index (χ1v) is 6.91. The fraction of sp³-hybridized carbons (Fsp3) is 0.176. The average molecular weight is 281 g/mol. The molecule has 0 unspecified atom stereocenters. The Hall–Kier alpha value is -2.62. The number of amides is 1. The third kappa shape index (κ3) is 3.28. The molecule has 0 spiro atoms. The van der Waals surface area contributed by atoms with Gasteiger partial charge in [-0.05, 0) is 37.1 Å². The maximum atomic E-state index is 12.3. The van der Waals surface area contributed by atoms with Gasteiger partial charge in [0.15, 0.2) is 0 Å². The van der Waals surface area contributed by atoms with E-state index in [0.717, 1.165) is 12.8 Å². The fourth-order valence-corrected chi connectivity index (χ4v) is 1.97. The molecular weight excluding hydrogens is 266 g/mol. The molecule has 1 amide bonds. The monoisotopic (exact) mass is 281 g/mol. The number of rotatable bonds is 4. The molecule has 0 bridgehead atoms. The minimum absolute atomic E-state index is 0.00441. The van der Waals surface area contributed by atoms with E-state index in [1.54, 1.807) is 36.4 Å². The van der Waals surface area contributed by atoms with E-state index in [9.17, 15) is 9.59 Å². The van der Waals surface area contributed by atoms with Crippen molar-refractivity contribution in [3.63, 3.8) is 0 Å².